The number of aromatic hydroxyl groups is 1. The van der Waals surface area contributed by atoms with E-state index in [-0.39, 0.29) is 77.0 Å². The van der Waals surface area contributed by atoms with Gasteiger partial charge in [0.1, 0.15) is 23.7 Å². The Morgan fingerprint density at radius 3 is 2.43 bits per heavy atom. The maximum absolute atomic E-state index is 16.9. The first-order valence-electron chi connectivity index (χ1n) is 15.5. The van der Waals surface area contributed by atoms with Crippen molar-refractivity contribution in [3.8, 4) is 28.3 Å². The molecule has 0 saturated carbocycles. The van der Waals surface area contributed by atoms with Crippen LogP contribution in [-0.2, 0) is 4.79 Å². The van der Waals surface area contributed by atoms with Crippen LogP contribution in [0.4, 0.5) is 14.6 Å². The number of hydrogen-bond acceptors (Lipinski definition) is 8. The van der Waals surface area contributed by atoms with Crippen molar-refractivity contribution in [1.82, 2.24) is 24.4 Å². The molecule has 47 heavy (non-hydrogen) atoms. The summed E-state index contributed by atoms with van der Waals surface area (Å²) in [4.78, 5) is 44.4. The molecule has 6 rings (SSSR count). The molecule has 2 aromatic carbocycles. The van der Waals surface area contributed by atoms with E-state index in [0.717, 1.165) is 6.07 Å². The van der Waals surface area contributed by atoms with Gasteiger partial charge in [-0.15, -0.1) is 0 Å². The number of piperazine rings is 1. The standard InChI is InChI=1S/C34H35ClF2N6O4/c1-7-22(45)41-14-19-11-12-47-32-25-30(26(35)24(27(32)37)23-20(36)9-8-10-21(23)44)43(34(46)40-33(25)42(19)13-18(41)6)31-28(16(2)3)38-15-39-29(31)17(4)5/h7-10,15-19,44H,1,11-14H2,2-6H3. The molecule has 2 aliphatic heterocycles. The van der Waals surface area contributed by atoms with Crippen molar-refractivity contribution < 1.29 is 23.4 Å². The number of carbonyl (C=O) groups excluding carboxylic acids is 1. The third-order valence-electron chi connectivity index (χ3n) is 8.86. The molecule has 2 unspecified atom stereocenters. The minimum atomic E-state index is -1.01. The second-order valence-electron chi connectivity index (χ2n) is 12.5. The largest absolute Gasteiger partial charge is 0.507 e. The van der Waals surface area contributed by atoms with E-state index >= 15 is 8.78 Å². The molecule has 246 valence electrons. The normalized spacial score (nSPS) is 17.8. The van der Waals surface area contributed by atoms with Crippen LogP contribution < -0.4 is 15.3 Å². The Bertz CT molecular complexity index is 1950. The van der Waals surface area contributed by atoms with Crippen molar-refractivity contribution in [2.45, 2.75) is 65.0 Å². The van der Waals surface area contributed by atoms with Crippen LogP contribution in [0.25, 0.3) is 27.7 Å². The van der Waals surface area contributed by atoms with Crippen LogP contribution in [0.2, 0.25) is 5.02 Å². The van der Waals surface area contributed by atoms with Gasteiger partial charge in [-0.05, 0) is 37.0 Å². The summed E-state index contributed by atoms with van der Waals surface area (Å²) in [6.07, 6.45) is 3.03. The minimum Gasteiger partial charge on any atom is -0.507 e. The van der Waals surface area contributed by atoms with E-state index < -0.39 is 34.2 Å². The van der Waals surface area contributed by atoms with Gasteiger partial charge in [0.15, 0.2) is 11.6 Å². The van der Waals surface area contributed by atoms with Gasteiger partial charge in [0.25, 0.3) is 0 Å². The quantitative estimate of drug-likeness (QED) is 0.255. The zero-order valence-corrected chi connectivity index (χ0v) is 27.5. The fraction of sp³-hybridized carbons (Fsp3) is 0.382. The average Bonchev–Trinajstić information content (AvgIpc) is 3.02. The van der Waals surface area contributed by atoms with E-state index in [1.54, 1.807) is 4.90 Å². The van der Waals surface area contributed by atoms with Gasteiger partial charge in [0.2, 0.25) is 5.91 Å². The zero-order chi connectivity index (χ0) is 33.9. The maximum Gasteiger partial charge on any atom is 0.354 e. The van der Waals surface area contributed by atoms with Gasteiger partial charge < -0.3 is 19.6 Å². The van der Waals surface area contributed by atoms with Crippen molar-refractivity contribution >= 4 is 34.2 Å². The van der Waals surface area contributed by atoms with E-state index in [2.05, 4.69) is 21.5 Å². The van der Waals surface area contributed by atoms with Gasteiger partial charge in [-0.2, -0.15) is 4.98 Å². The highest BCUT2D eigenvalue weighted by atomic mass is 35.5. The Labute approximate surface area is 275 Å². The maximum atomic E-state index is 16.9. The second kappa shape index (κ2) is 12.2. The Hall–Kier alpha value is -4.58. The highest BCUT2D eigenvalue weighted by Gasteiger charge is 2.40. The van der Waals surface area contributed by atoms with Gasteiger partial charge in [-0.1, -0.05) is 51.9 Å². The van der Waals surface area contributed by atoms with Crippen molar-refractivity contribution in [1.29, 1.82) is 0 Å². The van der Waals surface area contributed by atoms with Crippen LogP contribution in [0.1, 0.15) is 64.3 Å². The third-order valence-corrected chi connectivity index (χ3v) is 9.22. The van der Waals surface area contributed by atoms with Crippen LogP contribution in [0.5, 0.6) is 11.5 Å². The number of hydrogen-bond donors (Lipinski definition) is 1. The number of ether oxygens (including phenoxy) is 1. The molecule has 0 bridgehead atoms. The summed E-state index contributed by atoms with van der Waals surface area (Å²) in [5.74, 6) is -3.24. The SMILES string of the molecule is C=CC(=O)N1CC2CCOc3c(F)c(-c4c(O)cccc4F)c(Cl)c4c3c(nc(=O)n4-c3c(C(C)C)ncnc3C(C)C)N2CC1C. The van der Waals surface area contributed by atoms with Gasteiger partial charge >= 0.3 is 5.69 Å². The molecule has 2 aliphatic rings. The van der Waals surface area contributed by atoms with Crippen LogP contribution in [0, 0.1) is 11.6 Å². The first kappa shape index (κ1) is 32.4. The lowest BCUT2D eigenvalue weighted by Gasteiger charge is -2.46. The molecule has 1 N–H and O–H groups in total. The second-order valence-corrected chi connectivity index (χ2v) is 12.9. The number of nitrogens with zero attached hydrogens (tertiary/aromatic N) is 6. The van der Waals surface area contributed by atoms with E-state index in [4.69, 9.17) is 16.3 Å². The monoisotopic (exact) mass is 664 g/mol. The van der Waals surface area contributed by atoms with E-state index in [0.29, 0.717) is 23.5 Å². The summed E-state index contributed by atoms with van der Waals surface area (Å²) in [6, 6.07) is 2.94. The molecule has 4 aromatic rings. The molecule has 0 aliphatic carbocycles. The first-order chi connectivity index (χ1) is 22.4. The van der Waals surface area contributed by atoms with Gasteiger partial charge in [0, 0.05) is 31.1 Å². The Kier molecular flexibility index (Phi) is 8.41. The minimum absolute atomic E-state index is 0.00669. The lowest BCUT2D eigenvalue weighted by molar-refractivity contribution is -0.129. The molecule has 10 nitrogen and oxygen atoms in total. The number of halogens is 3. The predicted octanol–water partition coefficient (Wildman–Crippen LogP) is 6.10. The molecule has 0 spiro atoms. The van der Waals surface area contributed by atoms with Crippen LogP contribution in [0.3, 0.4) is 0 Å². The third kappa shape index (κ3) is 5.18. The fourth-order valence-corrected chi connectivity index (χ4v) is 7.00. The van der Waals surface area contributed by atoms with Crippen LogP contribution in [-0.4, -0.2) is 67.2 Å². The molecule has 1 fully saturated rings. The number of amides is 1. The van der Waals surface area contributed by atoms with E-state index in [1.165, 1.54) is 29.1 Å². The lowest BCUT2D eigenvalue weighted by Crippen LogP contribution is -2.60. The highest BCUT2D eigenvalue weighted by Crippen LogP contribution is 2.50. The molecule has 2 atom stereocenters. The number of phenols is 1. The number of rotatable bonds is 5. The summed E-state index contributed by atoms with van der Waals surface area (Å²) in [7, 11) is 0. The molecule has 0 radical (unpaired) electrons. The van der Waals surface area contributed by atoms with Gasteiger partial charge in [-0.3, -0.25) is 9.36 Å². The smallest absolute Gasteiger partial charge is 0.354 e. The molecular weight excluding hydrogens is 630 g/mol. The number of phenolic OH excluding ortho intramolecular Hbond substituents is 1. The van der Waals surface area contributed by atoms with E-state index in [9.17, 15) is 14.7 Å². The van der Waals surface area contributed by atoms with E-state index in [1.807, 2.05) is 39.5 Å². The number of benzene rings is 2. The molecule has 4 heterocycles. The van der Waals surface area contributed by atoms with Crippen molar-refractivity contribution in [2.75, 3.05) is 24.6 Å². The summed E-state index contributed by atoms with van der Waals surface area (Å²) in [5.41, 5.74) is -0.297. The summed E-state index contributed by atoms with van der Waals surface area (Å²) < 4.78 is 39.7. The molecule has 2 aromatic heterocycles. The van der Waals surface area contributed by atoms with Gasteiger partial charge in [-0.25, -0.2) is 23.5 Å². The topological polar surface area (TPSA) is 114 Å². The Balaban J connectivity index is 1.80. The van der Waals surface area contributed by atoms with Crippen molar-refractivity contribution in [2.24, 2.45) is 0 Å². The molecule has 1 saturated heterocycles. The Morgan fingerprint density at radius 1 is 1.13 bits per heavy atom. The molecule has 1 amide bonds. The first-order valence-corrected chi connectivity index (χ1v) is 15.9. The summed E-state index contributed by atoms with van der Waals surface area (Å²) in [6.45, 7) is 13.7. The average molecular weight is 665 g/mol. The van der Waals surface area contributed by atoms with Crippen molar-refractivity contribution in [3.05, 3.63) is 75.7 Å². The van der Waals surface area contributed by atoms with Crippen LogP contribution >= 0.6 is 11.6 Å². The summed E-state index contributed by atoms with van der Waals surface area (Å²) in [5, 5.41) is 10.6. The number of anilines is 1. The molecule has 13 heteroatoms. The molecular formula is C34H35ClF2N6O4. The van der Waals surface area contributed by atoms with Gasteiger partial charge in [0.05, 0.1) is 51.2 Å². The lowest BCUT2D eigenvalue weighted by atomic mass is 9.97. The number of carbonyl (C=O) groups is 1. The highest BCUT2D eigenvalue weighted by molar-refractivity contribution is 6.39. The Morgan fingerprint density at radius 2 is 1.81 bits per heavy atom. The number of aromatic nitrogens is 4. The van der Waals surface area contributed by atoms with Crippen molar-refractivity contribution in [3.63, 3.8) is 0 Å². The summed E-state index contributed by atoms with van der Waals surface area (Å²) >= 11 is 7.14. The fourth-order valence-electron chi connectivity index (χ4n) is 6.64. The predicted molar refractivity (Wildman–Crippen MR) is 176 cm³/mol. The number of fused-ring (bicyclic) bond motifs is 2. The van der Waals surface area contributed by atoms with Crippen LogP contribution in [0.15, 0.2) is 42.0 Å². The zero-order valence-electron chi connectivity index (χ0n) is 26.7.